The Labute approximate surface area is 214 Å². The summed E-state index contributed by atoms with van der Waals surface area (Å²) in [5.74, 6) is -0.595. The number of aliphatic hydroxyl groups is 1. The van der Waals surface area contributed by atoms with Crippen molar-refractivity contribution in [1.29, 1.82) is 0 Å². The highest BCUT2D eigenvalue weighted by Gasteiger charge is 2.47. The van der Waals surface area contributed by atoms with Gasteiger partial charge in [-0.2, -0.15) is 0 Å². The number of anilines is 1. The minimum atomic E-state index is -0.945. The van der Waals surface area contributed by atoms with Gasteiger partial charge in [-0.05, 0) is 67.4 Å². The van der Waals surface area contributed by atoms with E-state index in [9.17, 15) is 14.7 Å². The molecule has 7 nitrogen and oxygen atoms in total. The van der Waals surface area contributed by atoms with E-state index in [0.29, 0.717) is 35.1 Å². The molecule has 1 atom stereocenters. The van der Waals surface area contributed by atoms with Gasteiger partial charge in [-0.25, -0.2) is 0 Å². The first-order valence-electron chi connectivity index (χ1n) is 11.3. The highest BCUT2D eigenvalue weighted by Crippen LogP contribution is 2.45. The van der Waals surface area contributed by atoms with Crippen molar-refractivity contribution in [3.8, 4) is 17.2 Å². The molecular weight excluding hydrogens is 482 g/mol. The zero-order chi connectivity index (χ0) is 26.0. The fourth-order valence-corrected chi connectivity index (χ4v) is 4.49. The Hall–Kier alpha value is -3.97. The van der Waals surface area contributed by atoms with Crippen LogP contribution in [0, 0.1) is 6.92 Å². The second-order valence-electron chi connectivity index (χ2n) is 8.20. The number of aryl methyl sites for hydroxylation is 1. The van der Waals surface area contributed by atoms with Crippen molar-refractivity contribution in [3.05, 3.63) is 87.9 Å². The molecule has 8 heteroatoms. The molecule has 0 bridgehead atoms. The lowest BCUT2D eigenvalue weighted by atomic mass is 9.94. The van der Waals surface area contributed by atoms with E-state index >= 15 is 0 Å². The van der Waals surface area contributed by atoms with Gasteiger partial charge in [0, 0.05) is 11.3 Å². The Balaban J connectivity index is 2.00. The number of methoxy groups -OCH3 is 2. The molecule has 1 aliphatic rings. The summed E-state index contributed by atoms with van der Waals surface area (Å²) >= 11 is 6.39. The molecule has 0 spiro atoms. The van der Waals surface area contributed by atoms with Gasteiger partial charge >= 0.3 is 0 Å². The molecule has 1 amide bonds. The van der Waals surface area contributed by atoms with Crippen LogP contribution in [0.25, 0.3) is 5.76 Å². The Morgan fingerprint density at radius 1 is 1.00 bits per heavy atom. The third-order valence-electron chi connectivity index (χ3n) is 5.96. The number of rotatable bonds is 7. The summed E-state index contributed by atoms with van der Waals surface area (Å²) in [6.45, 7) is 4.12. The van der Waals surface area contributed by atoms with E-state index < -0.39 is 23.5 Å². The lowest BCUT2D eigenvalue weighted by molar-refractivity contribution is -0.132. The van der Waals surface area contributed by atoms with Crippen LogP contribution in [0.1, 0.15) is 29.7 Å². The molecular formula is C28H26ClNO6. The number of nitrogens with zero attached hydrogens (tertiary/aromatic N) is 1. The first-order chi connectivity index (χ1) is 17.3. The number of benzene rings is 3. The van der Waals surface area contributed by atoms with Crippen LogP contribution in [0.2, 0.25) is 5.02 Å². The monoisotopic (exact) mass is 507 g/mol. The van der Waals surface area contributed by atoms with Crippen LogP contribution in [-0.4, -0.2) is 37.6 Å². The molecule has 1 N–H and O–H groups in total. The number of ether oxygens (including phenoxy) is 3. The fourth-order valence-electron chi connectivity index (χ4n) is 4.28. The molecule has 0 radical (unpaired) electrons. The number of carbonyl (C=O) groups is 2. The van der Waals surface area contributed by atoms with Crippen LogP contribution in [-0.2, 0) is 9.59 Å². The van der Waals surface area contributed by atoms with Crippen molar-refractivity contribution < 1.29 is 28.9 Å². The fraction of sp³-hybridized carbons (Fsp3) is 0.214. The Kier molecular flexibility index (Phi) is 7.22. The van der Waals surface area contributed by atoms with Crippen molar-refractivity contribution >= 4 is 34.7 Å². The molecule has 36 heavy (non-hydrogen) atoms. The molecule has 4 rings (SSSR count). The molecule has 1 unspecified atom stereocenters. The van der Waals surface area contributed by atoms with E-state index in [1.165, 1.54) is 25.2 Å². The normalized spacial score (nSPS) is 16.8. The van der Waals surface area contributed by atoms with Crippen LogP contribution in [0.3, 0.4) is 0 Å². The molecule has 1 aliphatic heterocycles. The maximum Gasteiger partial charge on any atom is 0.300 e. The molecule has 3 aromatic rings. The summed E-state index contributed by atoms with van der Waals surface area (Å²) in [7, 11) is 3.01. The van der Waals surface area contributed by atoms with Gasteiger partial charge in [-0.3, -0.25) is 14.5 Å². The summed E-state index contributed by atoms with van der Waals surface area (Å²) in [5, 5.41) is 11.6. The summed E-state index contributed by atoms with van der Waals surface area (Å²) in [4.78, 5) is 28.2. The predicted molar refractivity (Wildman–Crippen MR) is 138 cm³/mol. The standard InChI is InChI=1S/C28H26ClNO6/c1-5-36-23-14-17(9-12-22(23)35-4)25-24(26(31)20-15-19(34-3)10-11-21(20)29)27(32)28(33)30(25)18-8-6-7-16(2)13-18/h6-15,25,31H,5H2,1-4H3/b26-24+. The summed E-state index contributed by atoms with van der Waals surface area (Å²) < 4.78 is 16.4. The first kappa shape index (κ1) is 25.1. The lowest BCUT2D eigenvalue weighted by Gasteiger charge is -2.26. The van der Waals surface area contributed by atoms with Crippen molar-refractivity contribution in [1.82, 2.24) is 0 Å². The zero-order valence-corrected chi connectivity index (χ0v) is 21.1. The van der Waals surface area contributed by atoms with Gasteiger partial charge in [0.15, 0.2) is 11.5 Å². The summed E-state index contributed by atoms with van der Waals surface area (Å²) in [6, 6.07) is 16.2. The van der Waals surface area contributed by atoms with Crippen molar-refractivity contribution in [2.24, 2.45) is 0 Å². The maximum atomic E-state index is 13.4. The van der Waals surface area contributed by atoms with Gasteiger partial charge in [0.1, 0.15) is 11.5 Å². The van der Waals surface area contributed by atoms with Crippen LogP contribution in [0.15, 0.2) is 66.2 Å². The average molecular weight is 508 g/mol. The minimum absolute atomic E-state index is 0.0933. The summed E-state index contributed by atoms with van der Waals surface area (Å²) in [6.07, 6.45) is 0. The number of ketones is 1. The van der Waals surface area contributed by atoms with E-state index in [-0.39, 0.29) is 16.2 Å². The van der Waals surface area contributed by atoms with Crippen LogP contribution < -0.4 is 19.1 Å². The van der Waals surface area contributed by atoms with E-state index in [0.717, 1.165) is 5.56 Å². The molecule has 0 saturated carbocycles. The third-order valence-corrected chi connectivity index (χ3v) is 6.29. The Bertz CT molecular complexity index is 1370. The molecule has 0 aromatic heterocycles. The Morgan fingerprint density at radius 2 is 1.78 bits per heavy atom. The van der Waals surface area contributed by atoms with Crippen molar-refractivity contribution in [2.75, 3.05) is 25.7 Å². The van der Waals surface area contributed by atoms with Crippen LogP contribution in [0.5, 0.6) is 17.2 Å². The third kappa shape index (κ3) is 4.50. The average Bonchev–Trinajstić information content (AvgIpc) is 3.14. The molecule has 1 heterocycles. The molecule has 186 valence electrons. The van der Waals surface area contributed by atoms with Crippen molar-refractivity contribution in [3.63, 3.8) is 0 Å². The van der Waals surface area contributed by atoms with Gasteiger partial charge in [0.05, 0.1) is 37.5 Å². The van der Waals surface area contributed by atoms with Crippen LogP contribution >= 0.6 is 11.6 Å². The van der Waals surface area contributed by atoms with E-state index in [1.807, 2.05) is 26.0 Å². The van der Waals surface area contributed by atoms with Crippen LogP contribution in [0.4, 0.5) is 5.69 Å². The molecule has 0 aliphatic carbocycles. The van der Waals surface area contributed by atoms with E-state index in [4.69, 9.17) is 25.8 Å². The smallest absolute Gasteiger partial charge is 0.300 e. The molecule has 1 fully saturated rings. The summed E-state index contributed by atoms with van der Waals surface area (Å²) in [5.41, 5.74) is 2.08. The topological polar surface area (TPSA) is 85.3 Å². The predicted octanol–water partition coefficient (Wildman–Crippen LogP) is 5.69. The number of hydrogen-bond donors (Lipinski definition) is 1. The number of hydrogen-bond acceptors (Lipinski definition) is 6. The van der Waals surface area contributed by atoms with Gasteiger partial charge in [0.25, 0.3) is 11.7 Å². The SMILES string of the molecule is CCOc1cc(C2/C(=C(\O)c3cc(OC)ccc3Cl)C(=O)C(=O)N2c2cccc(C)c2)ccc1OC. The van der Waals surface area contributed by atoms with Gasteiger partial charge < -0.3 is 19.3 Å². The Morgan fingerprint density at radius 3 is 2.44 bits per heavy atom. The second kappa shape index (κ2) is 10.3. The highest BCUT2D eigenvalue weighted by molar-refractivity contribution is 6.52. The minimum Gasteiger partial charge on any atom is -0.507 e. The zero-order valence-electron chi connectivity index (χ0n) is 20.4. The van der Waals surface area contributed by atoms with Gasteiger partial charge in [0.2, 0.25) is 0 Å². The molecule has 1 saturated heterocycles. The quantitative estimate of drug-likeness (QED) is 0.251. The highest BCUT2D eigenvalue weighted by atomic mass is 35.5. The van der Waals surface area contributed by atoms with Gasteiger partial charge in [-0.15, -0.1) is 0 Å². The number of halogens is 1. The number of amides is 1. The number of aliphatic hydroxyl groups excluding tert-OH is 1. The largest absolute Gasteiger partial charge is 0.507 e. The van der Waals surface area contributed by atoms with E-state index in [1.54, 1.807) is 42.5 Å². The molecule has 3 aromatic carbocycles. The number of Topliss-reactive ketones (excluding diaryl/α,β-unsaturated/α-hetero) is 1. The second-order valence-corrected chi connectivity index (χ2v) is 8.60. The maximum absolute atomic E-state index is 13.4. The lowest BCUT2D eigenvalue weighted by Crippen LogP contribution is -2.29. The number of carbonyl (C=O) groups excluding carboxylic acids is 2. The van der Waals surface area contributed by atoms with E-state index in [2.05, 4.69) is 0 Å². The first-order valence-corrected chi connectivity index (χ1v) is 11.7. The van der Waals surface area contributed by atoms with Gasteiger partial charge in [-0.1, -0.05) is 29.8 Å². The van der Waals surface area contributed by atoms with Crippen molar-refractivity contribution in [2.45, 2.75) is 19.9 Å².